The molecule has 2 aromatic carbocycles. The number of nitrogens with one attached hydrogen (secondary N) is 1. The standard InChI is InChI=1S/C19H11F5N2O2/c20-12-6-7-16(15(21)10-12)26-17(27)14-5-2-8-25-18(14)28-13-4-1-3-11(9-13)19(22,23)24/h1-10H,(H,26,27)/i/hD. The number of nitrogens with zero attached hydrogens (tertiary/aromatic N) is 1. The number of carbonyl (C=O) groups is 1. The molecule has 0 bridgehead atoms. The van der Waals surface area contributed by atoms with Gasteiger partial charge < -0.3 is 10.0 Å². The van der Waals surface area contributed by atoms with Crippen LogP contribution in [0.4, 0.5) is 27.6 Å². The summed E-state index contributed by atoms with van der Waals surface area (Å²) in [5.74, 6) is -3.72. The molecule has 0 aliphatic carbocycles. The summed E-state index contributed by atoms with van der Waals surface area (Å²) < 4.78 is 78.6. The van der Waals surface area contributed by atoms with Gasteiger partial charge in [0.1, 0.15) is 22.9 Å². The average Bonchev–Trinajstić information content (AvgIpc) is 2.67. The fraction of sp³-hybridized carbons (Fsp3) is 0.0526. The van der Waals surface area contributed by atoms with Gasteiger partial charge in [0.2, 0.25) is 5.88 Å². The van der Waals surface area contributed by atoms with Gasteiger partial charge in [-0.2, -0.15) is 13.2 Å². The highest BCUT2D eigenvalue weighted by Crippen LogP contribution is 2.33. The third kappa shape index (κ3) is 4.43. The summed E-state index contributed by atoms with van der Waals surface area (Å²) in [4.78, 5) is 16.4. The van der Waals surface area contributed by atoms with Crippen LogP contribution in [0.5, 0.6) is 11.6 Å². The van der Waals surface area contributed by atoms with Gasteiger partial charge in [-0.1, -0.05) is 6.07 Å². The van der Waals surface area contributed by atoms with E-state index in [9.17, 15) is 26.7 Å². The Bertz CT molecular complexity index is 1060. The maximum Gasteiger partial charge on any atom is 0.416 e. The third-order valence-corrected chi connectivity index (χ3v) is 3.51. The number of ether oxygens (including phenoxy) is 1. The van der Waals surface area contributed by atoms with E-state index in [1.807, 2.05) is 0 Å². The van der Waals surface area contributed by atoms with Crippen molar-refractivity contribution in [3.8, 4) is 11.6 Å². The van der Waals surface area contributed by atoms with Crippen LogP contribution in [-0.2, 0) is 6.18 Å². The van der Waals surface area contributed by atoms with Crippen LogP contribution >= 0.6 is 0 Å². The molecule has 3 rings (SSSR count). The highest BCUT2D eigenvalue weighted by atomic mass is 19.4. The number of hydrogen-bond acceptors (Lipinski definition) is 3. The van der Waals surface area contributed by atoms with Gasteiger partial charge >= 0.3 is 6.18 Å². The number of amides is 1. The number of alkyl halides is 3. The Morgan fingerprint density at radius 1 is 1.07 bits per heavy atom. The summed E-state index contributed by atoms with van der Waals surface area (Å²) in [5, 5.41) is 0.171. The van der Waals surface area contributed by atoms with Gasteiger partial charge in [0, 0.05) is 12.3 Å². The normalized spacial score (nSPS) is 11.7. The van der Waals surface area contributed by atoms with Gasteiger partial charge in [-0.15, -0.1) is 0 Å². The minimum Gasteiger partial charge on any atom is -0.438 e. The zero-order valence-electron chi connectivity index (χ0n) is 14.9. The smallest absolute Gasteiger partial charge is 0.416 e. The molecule has 0 saturated carbocycles. The van der Waals surface area contributed by atoms with Gasteiger partial charge in [-0.25, -0.2) is 13.8 Å². The molecule has 0 aliphatic heterocycles. The molecule has 0 spiro atoms. The van der Waals surface area contributed by atoms with Crippen molar-refractivity contribution in [2.75, 3.05) is 5.31 Å². The highest BCUT2D eigenvalue weighted by molar-refractivity contribution is 6.05. The summed E-state index contributed by atoms with van der Waals surface area (Å²) in [6.07, 6.45) is -3.37. The average molecular weight is 395 g/mol. The van der Waals surface area contributed by atoms with Crippen molar-refractivity contribution in [2.45, 2.75) is 6.18 Å². The Balaban J connectivity index is 1.92. The van der Waals surface area contributed by atoms with Crippen molar-refractivity contribution in [2.24, 2.45) is 0 Å². The molecule has 3 aromatic rings. The van der Waals surface area contributed by atoms with E-state index < -0.39 is 35.0 Å². The van der Waals surface area contributed by atoms with E-state index in [1.165, 1.54) is 24.4 Å². The molecule has 1 N–H and O–H groups in total. The van der Waals surface area contributed by atoms with Crippen molar-refractivity contribution in [1.29, 1.82) is 0 Å². The molecule has 0 aliphatic rings. The Labute approximate surface area is 157 Å². The summed E-state index contributed by atoms with van der Waals surface area (Å²) in [7, 11) is 0. The molecule has 4 nitrogen and oxygen atoms in total. The summed E-state index contributed by atoms with van der Waals surface area (Å²) in [6, 6.07) is 8.75. The molecule has 0 atom stereocenters. The van der Waals surface area contributed by atoms with Gasteiger partial charge in [0.15, 0.2) is 1.41 Å². The van der Waals surface area contributed by atoms with Crippen LogP contribution in [0.3, 0.4) is 0 Å². The second kappa shape index (κ2) is 7.63. The zero-order valence-corrected chi connectivity index (χ0v) is 13.9. The predicted molar refractivity (Wildman–Crippen MR) is 90.1 cm³/mol. The van der Waals surface area contributed by atoms with Crippen LogP contribution < -0.4 is 10.0 Å². The largest absolute Gasteiger partial charge is 0.438 e. The number of anilines is 1. The van der Waals surface area contributed by atoms with E-state index in [0.717, 1.165) is 30.3 Å². The predicted octanol–water partition coefficient (Wildman–Crippen LogP) is 5.42. The Kier molecular flexibility index (Phi) is 4.88. The van der Waals surface area contributed by atoms with Crippen LogP contribution in [0.1, 0.15) is 15.9 Å². The lowest BCUT2D eigenvalue weighted by atomic mass is 10.2. The number of benzene rings is 2. The van der Waals surface area contributed by atoms with Crippen molar-refractivity contribution < 1.29 is 32.9 Å². The molecule has 1 amide bonds. The third-order valence-electron chi connectivity index (χ3n) is 3.51. The SMILES string of the molecule is [2H]N(C(=O)c1cccnc1Oc1cccc(C(F)(F)F)c1)c1ccc(F)cc1F. The van der Waals surface area contributed by atoms with E-state index in [4.69, 9.17) is 6.15 Å². The van der Waals surface area contributed by atoms with Crippen LogP contribution in [-0.4, -0.2) is 10.9 Å². The van der Waals surface area contributed by atoms with E-state index in [-0.39, 0.29) is 22.5 Å². The zero-order chi connectivity index (χ0) is 21.2. The molecular weight excluding hydrogens is 383 g/mol. The second-order valence-corrected chi connectivity index (χ2v) is 5.50. The minimum atomic E-state index is -4.60. The van der Waals surface area contributed by atoms with Crippen molar-refractivity contribution in [3.63, 3.8) is 0 Å². The number of hydrogen-bond donors (Lipinski definition) is 1. The molecular formula is C19H11F5N2O2. The van der Waals surface area contributed by atoms with E-state index in [2.05, 4.69) is 4.98 Å². The number of halogens is 5. The number of carbonyl (C=O) groups excluding carboxylic acids is 1. The Morgan fingerprint density at radius 3 is 2.57 bits per heavy atom. The van der Waals surface area contributed by atoms with Gasteiger partial charge in [0.25, 0.3) is 5.91 Å². The Hall–Kier alpha value is -3.49. The summed E-state index contributed by atoms with van der Waals surface area (Å²) in [6.45, 7) is 0. The van der Waals surface area contributed by atoms with Gasteiger partial charge in [0.05, 0.1) is 11.3 Å². The van der Waals surface area contributed by atoms with Crippen LogP contribution in [0, 0.1) is 11.6 Å². The second-order valence-electron chi connectivity index (χ2n) is 5.50. The van der Waals surface area contributed by atoms with Gasteiger partial charge in [-0.3, -0.25) is 4.79 Å². The molecule has 1 heterocycles. The first-order chi connectivity index (χ1) is 13.7. The number of aromatic nitrogens is 1. The molecule has 0 saturated heterocycles. The number of rotatable bonds is 4. The van der Waals surface area contributed by atoms with Crippen molar-refractivity contribution in [3.05, 3.63) is 83.6 Å². The lowest BCUT2D eigenvalue weighted by Crippen LogP contribution is -2.14. The maximum atomic E-state index is 13.9. The van der Waals surface area contributed by atoms with Gasteiger partial charge in [-0.05, 0) is 42.5 Å². The molecule has 9 heteroatoms. The minimum absolute atomic E-state index is 0.171. The van der Waals surface area contributed by atoms with E-state index in [1.54, 1.807) is 0 Å². The monoisotopic (exact) mass is 395 g/mol. The number of pyridine rings is 1. The van der Waals surface area contributed by atoms with E-state index >= 15 is 0 Å². The first-order valence-corrected chi connectivity index (χ1v) is 7.75. The van der Waals surface area contributed by atoms with Crippen LogP contribution in [0.15, 0.2) is 60.8 Å². The lowest BCUT2D eigenvalue weighted by molar-refractivity contribution is -0.137. The summed E-state index contributed by atoms with van der Waals surface area (Å²) in [5.41, 5.74) is -1.79. The molecule has 0 radical (unpaired) electrons. The van der Waals surface area contributed by atoms with Crippen molar-refractivity contribution in [1.82, 2.24) is 4.98 Å². The molecule has 0 fully saturated rings. The van der Waals surface area contributed by atoms with E-state index in [0.29, 0.717) is 6.07 Å². The topological polar surface area (TPSA) is 51.2 Å². The first-order valence-electron chi connectivity index (χ1n) is 8.20. The fourth-order valence-corrected chi connectivity index (χ4v) is 2.22. The molecule has 1 aromatic heterocycles. The quantitative estimate of drug-likeness (QED) is 0.600. The maximum absolute atomic E-state index is 13.9. The highest BCUT2D eigenvalue weighted by Gasteiger charge is 2.30. The Morgan fingerprint density at radius 2 is 1.86 bits per heavy atom. The first kappa shape index (κ1) is 17.9. The van der Waals surface area contributed by atoms with Crippen LogP contribution in [0.2, 0.25) is 1.41 Å². The molecule has 0 unspecified atom stereocenters. The lowest BCUT2D eigenvalue weighted by Gasteiger charge is -2.12. The summed E-state index contributed by atoms with van der Waals surface area (Å²) >= 11 is 0. The van der Waals surface area contributed by atoms with Crippen molar-refractivity contribution >= 4 is 11.6 Å². The molecule has 144 valence electrons. The molecule has 28 heavy (non-hydrogen) atoms. The fourth-order valence-electron chi connectivity index (χ4n) is 2.22. The van der Waals surface area contributed by atoms with Crippen LogP contribution in [0.25, 0.3) is 0 Å².